The van der Waals surface area contributed by atoms with Crippen LogP contribution in [0.3, 0.4) is 0 Å². The Morgan fingerprint density at radius 1 is 1.21 bits per heavy atom. The van der Waals surface area contributed by atoms with E-state index in [9.17, 15) is 13.5 Å². The van der Waals surface area contributed by atoms with Crippen LogP contribution in [0.5, 0.6) is 5.75 Å². The third kappa shape index (κ3) is 5.16. The molecular weight excluding hydrogens is 536 g/mol. The molecule has 200 valence electrons. The standard InChI is InChI=1S/C29H27ClN4O4S/c1-31-24-13-21-14-25(34(39(3,36)37)17-20-7-5-4-6-8-20)18-38-28(21)26(15-24)29(35,27-16-32-19-33(27)2)22-9-11-23(30)12-10-22/h4-13,15-16,19,25,35H,14,17-18H2,2-3H3. The largest absolute Gasteiger partial charge is 0.491 e. The maximum Gasteiger partial charge on any atom is 0.211 e. The van der Waals surface area contributed by atoms with Gasteiger partial charge in [0.25, 0.3) is 0 Å². The molecule has 4 aromatic rings. The van der Waals surface area contributed by atoms with E-state index in [0.29, 0.717) is 45.3 Å². The van der Waals surface area contributed by atoms with Crippen molar-refractivity contribution in [2.75, 3.05) is 12.9 Å². The number of aliphatic hydroxyl groups is 1. The van der Waals surface area contributed by atoms with E-state index in [0.717, 1.165) is 5.56 Å². The van der Waals surface area contributed by atoms with Crippen molar-refractivity contribution < 1.29 is 18.3 Å². The molecule has 2 unspecified atom stereocenters. The van der Waals surface area contributed by atoms with E-state index in [2.05, 4.69) is 9.83 Å². The van der Waals surface area contributed by atoms with Crippen molar-refractivity contribution in [1.29, 1.82) is 0 Å². The molecule has 2 atom stereocenters. The molecule has 0 fully saturated rings. The van der Waals surface area contributed by atoms with Gasteiger partial charge in [-0.15, -0.1) is 0 Å². The summed E-state index contributed by atoms with van der Waals surface area (Å²) in [6, 6.07) is 19.0. The predicted octanol–water partition coefficient (Wildman–Crippen LogP) is 4.67. The predicted molar refractivity (Wildman–Crippen MR) is 149 cm³/mol. The van der Waals surface area contributed by atoms with Crippen LogP contribution in [0.25, 0.3) is 4.85 Å². The Bertz CT molecular complexity index is 1650. The van der Waals surface area contributed by atoms with Crippen molar-refractivity contribution in [1.82, 2.24) is 13.9 Å². The highest BCUT2D eigenvalue weighted by Crippen LogP contribution is 2.46. The van der Waals surface area contributed by atoms with E-state index >= 15 is 0 Å². The normalized spacial score (nSPS) is 16.7. The van der Waals surface area contributed by atoms with Crippen LogP contribution in [0.2, 0.25) is 5.02 Å². The van der Waals surface area contributed by atoms with Crippen LogP contribution in [-0.2, 0) is 35.6 Å². The summed E-state index contributed by atoms with van der Waals surface area (Å²) in [7, 11) is -1.81. The number of imidazole rings is 1. The van der Waals surface area contributed by atoms with Crippen LogP contribution < -0.4 is 4.74 Å². The van der Waals surface area contributed by atoms with E-state index in [4.69, 9.17) is 22.9 Å². The molecule has 10 heteroatoms. The molecule has 5 rings (SSSR count). The first-order valence-electron chi connectivity index (χ1n) is 12.2. The summed E-state index contributed by atoms with van der Waals surface area (Å²) < 4.78 is 35.2. The van der Waals surface area contributed by atoms with Crippen LogP contribution in [0.15, 0.2) is 79.3 Å². The number of rotatable bonds is 7. The van der Waals surface area contributed by atoms with Crippen molar-refractivity contribution in [2.45, 2.75) is 24.6 Å². The number of halogens is 1. The van der Waals surface area contributed by atoms with Crippen LogP contribution >= 0.6 is 11.6 Å². The minimum absolute atomic E-state index is 0.0827. The van der Waals surface area contributed by atoms with Gasteiger partial charge in [-0.3, -0.25) is 0 Å². The highest BCUT2D eigenvalue weighted by Gasteiger charge is 2.42. The lowest BCUT2D eigenvalue weighted by molar-refractivity contribution is 0.107. The molecule has 2 heterocycles. The van der Waals surface area contributed by atoms with Crippen LogP contribution in [0.4, 0.5) is 5.69 Å². The van der Waals surface area contributed by atoms with Crippen molar-refractivity contribution in [3.05, 3.63) is 124 Å². The minimum atomic E-state index is -3.59. The molecule has 3 aromatic carbocycles. The zero-order chi connectivity index (χ0) is 27.8. The molecule has 1 aromatic heterocycles. The Labute approximate surface area is 232 Å². The monoisotopic (exact) mass is 562 g/mol. The Kier molecular flexibility index (Phi) is 7.23. The number of ether oxygens (including phenoxy) is 1. The number of nitrogens with zero attached hydrogens (tertiary/aromatic N) is 4. The number of fused-ring (bicyclic) bond motifs is 1. The van der Waals surface area contributed by atoms with E-state index in [1.807, 2.05) is 30.3 Å². The van der Waals surface area contributed by atoms with Crippen molar-refractivity contribution >= 4 is 27.3 Å². The summed E-state index contributed by atoms with van der Waals surface area (Å²) in [5, 5.41) is 13.0. The molecule has 0 spiro atoms. The molecule has 0 saturated carbocycles. The van der Waals surface area contributed by atoms with Gasteiger partial charge in [0.1, 0.15) is 12.4 Å². The number of sulfonamides is 1. The number of aryl methyl sites for hydroxylation is 1. The number of benzene rings is 3. The molecule has 1 N–H and O–H groups in total. The van der Waals surface area contributed by atoms with E-state index in [1.54, 1.807) is 60.5 Å². The quantitative estimate of drug-likeness (QED) is 0.331. The maximum atomic E-state index is 12.9. The molecule has 0 aliphatic carbocycles. The lowest BCUT2D eigenvalue weighted by atomic mass is 9.81. The van der Waals surface area contributed by atoms with Gasteiger partial charge in [0.15, 0.2) is 11.3 Å². The molecule has 8 nitrogen and oxygen atoms in total. The summed E-state index contributed by atoms with van der Waals surface area (Å²) in [6.45, 7) is 8.03. The van der Waals surface area contributed by atoms with Crippen LogP contribution in [-0.4, -0.2) is 46.3 Å². The second kappa shape index (κ2) is 10.5. The Morgan fingerprint density at radius 3 is 2.54 bits per heavy atom. The maximum absolute atomic E-state index is 12.9. The highest BCUT2D eigenvalue weighted by atomic mass is 35.5. The Morgan fingerprint density at radius 2 is 1.92 bits per heavy atom. The molecule has 0 saturated heterocycles. The molecular formula is C29H27ClN4O4S. The smallest absolute Gasteiger partial charge is 0.211 e. The van der Waals surface area contributed by atoms with Gasteiger partial charge in [0.05, 0.1) is 37.1 Å². The molecule has 39 heavy (non-hydrogen) atoms. The van der Waals surface area contributed by atoms with Crippen molar-refractivity contribution in [3.63, 3.8) is 0 Å². The average Bonchev–Trinajstić information content (AvgIpc) is 3.37. The average molecular weight is 563 g/mol. The van der Waals surface area contributed by atoms with Gasteiger partial charge < -0.3 is 14.4 Å². The fraction of sp³-hybridized carbons (Fsp3) is 0.241. The van der Waals surface area contributed by atoms with Gasteiger partial charge in [0.2, 0.25) is 10.0 Å². The molecule has 1 aliphatic heterocycles. The summed E-state index contributed by atoms with van der Waals surface area (Å²) >= 11 is 6.15. The first kappa shape index (κ1) is 26.9. The van der Waals surface area contributed by atoms with Crippen molar-refractivity contribution in [2.24, 2.45) is 7.05 Å². The SMILES string of the molecule is [C-]#[N+]c1cc2c(c(C(O)(c3ccc(Cl)cc3)c3cncn3C)c1)OCC(N(Cc1ccccc1)S(C)(=O)=O)C2. The molecule has 1 aliphatic rings. The van der Waals surface area contributed by atoms with Crippen molar-refractivity contribution in [3.8, 4) is 5.75 Å². The second-order valence-electron chi connectivity index (χ2n) is 9.66. The van der Waals surface area contributed by atoms with E-state index in [1.165, 1.54) is 10.6 Å². The molecule has 0 bridgehead atoms. The van der Waals surface area contributed by atoms with E-state index < -0.39 is 21.7 Å². The third-order valence-electron chi connectivity index (χ3n) is 7.01. The van der Waals surface area contributed by atoms with E-state index in [-0.39, 0.29) is 13.2 Å². The van der Waals surface area contributed by atoms with Crippen LogP contribution in [0, 0.1) is 6.57 Å². The van der Waals surface area contributed by atoms with Gasteiger partial charge in [-0.2, -0.15) is 4.31 Å². The summed E-state index contributed by atoms with van der Waals surface area (Å²) in [5.74, 6) is 0.422. The number of hydrogen-bond donors (Lipinski definition) is 1. The van der Waals surface area contributed by atoms with Gasteiger partial charge in [0, 0.05) is 24.2 Å². The van der Waals surface area contributed by atoms with Gasteiger partial charge >= 0.3 is 0 Å². The van der Waals surface area contributed by atoms with Gasteiger partial charge in [-0.1, -0.05) is 54.1 Å². The minimum Gasteiger partial charge on any atom is -0.491 e. The molecule has 0 radical (unpaired) electrons. The van der Waals surface area contributed by atoms with Crippen LogP contribution in [0.1, 0.15) is 27.9 Å². The topological polar surface area (TPSA) is 89.0 Å². The van der Waals surface area contributed by atoms with Gasteiger partial charge in [-0.05, 0) is 47.4 Å². The first-order valence-corrected chi connectivity index (χ1v) is 14.5. The Hall–Kier alpha value is -3.68. The second-order valence-corrected chi connectivity index (χ2v) is 12.0. The fourth-order valence-corrected chi connectivity index (χ4v) is 6.31. The highest BCUT2D eigenvalue weighted by molar-refractivity contribution is 7.88. The Balaban J connectivity index is 1.63. The third-order valence-corrected chi connectivity index (χ3v) is 8.54. The lowest BCUT2D eigenvalue weighted by Crippen LogP contribution is -2.46. The zero-order valence-electron chi connectivity index (χ0n) is 21.5. The summed E-state index contributed by atoms with van der Waals surface area (Å²) in [5.41, 5.74) is 1.45. The number of aromatic nitrogens is 2. The molecule has 0 amide bonds. The fourth-order valence-electron chi connectivity index (χ4n) is 5.12. The lowest BCUT2D eigenvalue weighted by Gasteiger charge is -2.37. The van der Waals surface area contributed by atoms with Gasteiger partial charge in [-0.25, -0.2) is 18.2 Å². The summed E-state index contributed by atoms with van der Waals surface area (Å²) in [4.78, 5) is 7.87. The first-order chi connectivity index (χ1) is 18.6. The zero-order valence-corrected chi connectivity index (χ0v) is 23.0. The summed E-state index contributed by atoms with van der Waals surface area (Å²) in [6.07, 6.45) is 4.66. The number of hydrogen-bond acceptors (Lipinski definition) is 5.